The molecule has 3 aromatic rings. The lowest BCUT2D eigenvalue weighted by atomic mass is 9.99. The van der Waals surface area contributed by atoms with Gasteiger partial charge in [-0.15, -0.1) is 0 Å². The predicted molar refractivity (Wildman–Crippen MR) is 199 cm³/mol. The first-order valence-electron chi connectivity index (χ1n) is 17.0. The van der Waals surface area contributed by atoms with Crippen LogP contribution in [-0.4, -0.2) is 58.1 Å². The molecule has 260 valence electrons. The van der Waals surface area contributed by atoms with Crippen molar-refractivity contribution in [1.82, 2.24) is 4.90 Å². The minimum absolute atomic E-state index is 0.0800. The van der Waals surface area contributed by atoms with E-state index in [0.717, 1.165) is 48.2 Å². The minimum Gasteiger partial charge on any atom is -0.493 e. The standard InChI is InChI=1S/C38H52ClN3O5Si/c1-8-45-35-25-34(32(39)24-29(35)26-46-48(6,7)38(2,3)4)40-36(43)16-12-13-27-17-18-31(28-14-10-9-11-15-28)33(23-27)41-37(44)47-30-19-21-42(5)22-20-30/h9-11,14-15,17-18,23-25,30H,8,12-13,16,19-22,26H2,1-7H3,(H,40,43)(H,41,44). The van der Waals surface area contributed by atoms with E-state index < -0.39 is 14.4 Å². The summed E-state index contributed by atoms with van der Waals surface area (Å²) in [6, 6.07) is 19.6. The number of amides is 2. The molecule has 0 bridgehead atoms. The smallest absolute Gasteiger partial charge is 0.411 e. The van der Waals surface area contributed by atoms with Gasteiger partial charge >= 0.3 is 6.09 Å². The van der Waals surface area contributed by atoms with Gasteiger partial charge in [0.2, 0.25) is 5.91 Å². The van der Waals surface area contributed by atoms with E-state index in [0.29, 0.717) is 54.6 Å². The molecule has 1 saturated heterocycles. The molecule has 3 aromatic carbocycles. The van der Waals surface area contributed by atoms with Crippen molar-refractivity contribution < 1.29 is 23.5 Å². The Kier molecular flexibility index (Phi) is 13.1. The van der Waals surface area contributed by atoms with Crippen LogP contribution < -0.4 is 15.4 Å². The summed E-state index contributed by atoms with van der Waals surface area (Å²) < 4.78 is 18.1. The summed E-state index contributed by atoms with van der Waals surface area (Å²) in [7, 11) is 0.104. The molecule has 2 N–H and O–H groups in total. The zero-order valence-corrected chi connectivity index (χ0v) is 31.3. The second-order valence-corrected chi connectivity index (χ2v) is 19.3. The van der Waals surface area contributed by atoms with Gasteiger partial charge in [-0.1, -0.05) is 74.8 Å². The van der Waals surface area contributed by atoms with Crippen LogP contribution in [-0.2, 0) is 27.0 Å². The first-order valence-corrected chi connectivity index (χ1v) is 20.3. The number of halogens is 1. The zero-order chi connectivity index (χ0) is 34.9. The number of aryl methyl sites for hydroxylation is 1. The molecule has 48 heavy (non-hydrogen) atoms. The number of benzene rings is 3. The summed E-state index contributed by atoms with van der Waals surface area (Å²) in [6.45, 7) is 15.7. The molecule has 0 atom stereocenters. The molecule has 0 saturated carbocycles. The van der Waals surface area contributed by atoms with Gasteiger partial charge in [0.15, 0.2) is 8.32 Å². The molecular weight excluding hydrogens is 642 g/mol. The molecule has 0 unspecified atom stereocenters. The summed E-state index contributed by atoms with van der Waals surface area (Å²) in [4.78, 5) is 28.2. The van der Waals surface area contributed by atoms with Gasteiger partial charge in [0.05, 0.1) is 29.6 Å². The van der Waals surface area contributed by atoms with Crippen LogP contribution >= 0.6 is 11.6 Å². The Morgan fingerprint density at radius 3 is 2.35 bits per heavy atom. The Morgan fingerprint density at radius 2 is 1.69 bits per heavy atom. The lowest BCUT2D eigenvalue weighted by Crippen LogP contribution is -2.40. The molecule has 1 fully saturated rings. The number of carbonyl (C=O) groups excluding carboxylic acids is 2. The van der Waals surface area contributed by atoms with Crippen molar-refractivity contribution in [1.29, 1.82) is 0 Å². The van der Waals surface area contributed by atoms with Crippen LogP contribution in [0.15, 0.2) is 60.7 Å². The topological polar surface area (TPSA) is 89.1 Å². The highest BCUT2D eigenvalue weighted by Crippen LogP contribution is 2.39. The molecule has 0 radical (unpaired) electrons. The van der Waals surface area contributed by atoms with E-state index >= 15 is 0 Å². The second kappa shape index (κ2) is 16.8. The first-order chi connectivity index (χ1) is 22.8. The van der Waals surface area contributed by atoms with Crippen LogP contribution in [0.3, 0.4) is 0 Å². The average molecular weight is 694 g/mol. The lowest BCUT2D eigenvalue weighted by molar-refractivity contribution is -0.116. The number of anilines is 2. The van der Waals surface area contributed by atoms with Crippen LogP contribution in [0.5, 0.6) is 5.75 Å². The summed E-state index contributed by atoms with van der Waals surface area (Å²) in [6.07, 6.45) is 2.69. The number of piperidine rings is 1. The fourth-order valence-electron chi connectivity index (χ4n) is 5.35. The third kappa shape index (κ3) is 10.6. The number of carbonyl (C=O) groups is 2. The second-order valence-electron chi connectivity index (χ2n) is 14.1. The summed E-state index contributed by atoms with van der Waals surface area (Å²) in [5.74, 6) is 0.523. The largest absolute Gasteiger partial charge is 0.493 e. The number of ether oxygens (including phenoxy) is 2. The first kappa shape index (κ1) is 37.4. The quantitative estimate of drug-likeness (QED) is 0.173. The van der Waals surface area contributed by atoms with Gasteiger partial charge < -0.3 is 24.1 Å². The van der Waals surface area contributed by atoms with E-state index in [2.05, 4.69) is 56.4 Å². The highest BCUT2D eigenvalue weighted by molar-refractivity contribution is 6.74. The van der Waals surface area contributed by atoms with Crippen molar-refractivity contribution in [2.45, 2.75) is 90.6 Å². The summed E-state index contributed by atoms with van der Waals surface area (Å²) >= 11 is 6.65. The van der Waals surface area contributed by atoms with Crippen molar-refractivity contribution in [3.05, 3.63) is 76.8 Å². The molecule has 1 aliphatic rings. The van der Waals surface area contributed by atoms with Gasteiger partial charge in [-0.25, -0.2) is 4.79 Å². The molecule has 1 aliphatic heterocycles. The van der Waals surface area contributed by atoms with Gasteiger partial charge in [-0.2, -0.15) is 0 Å². The average Bonchev–Trinajstić information content (AvgIpc) is 3.03. The van der Waals surface area contributed by atoms with Crippen LogP contribution in [0.2, 0.25) is 23.2 Å². The Labute approximate surface area is 292 Å². The van der Waals surface area contributed by atoms with Crippen LogP contribution in [0, 0.1) is 0 Å². The predicted octanol–water partition coefficient (Wildman–Crippen LogP) is 9.53. The lowest BCUT2D eigenvalue weighted by Gasteiger charge is -2.36. The van der Waals surface area contributed by atoms with E-state index in [9.17, 15) is 9.59 Å². The maximum atomic E-state index is 13.0. The van der Waals surface area contributed by atoms with Gasteiger partial charge in [0.25, 0.3) is 0 Å². The van der Waals surface area contributed by atoms with Crippen molar-refractivity contribution in [3.8, 4) is 16.9 Å². The molecule has 0 aromatic heterocycles. The number of hydrogen-bond acceptors (Lipinski definition) is 6. The number of hydrogen-bond donors (Lipinski definition) is 2. The third-order valence-electron chi connectivity index (χ3n) is 9.33. The Balaban J connectivity index is 1.39. The Morgan fingerprint density at radius 1 is 0.979 bits per heavy atom. The zero-order valence-electron chi connectivity index (χ0n) is 29.6. The number of rotatable bonds is 13. The van der Waals surface area contributed by atoms with Crippen molar-refractivity contribution >= 4 is 43.3 Å². The van der Waals surface area contributed by atoms with Crippen molar-refractivity contribution in [2.75, 3.05) is 37.4 Å². The van der Waals surface area contributed by atoms with E-state index in [-0.39, 0.29) is 17.0 Å². The molecule has 4 rings (SSSR count). The highest BCUT2D eigenvalue weighted by Gasteiger charge is 2.37. The Hall–Kier alpha value is -3.37. The molecule has 0 spiro atoms. The molecule has 10 heteroatoms. The Bertz CT molecular complexity index is 1540. The minimum atomic E-state index is -1.97. The third-order valence-corrected chi connectivity index (χ3v) is 14.1. The molecule has 8 nitrogen and oxygen atoms in total. The fraction of sp³-hybridized carbons (Fsp3) is 0.474. The monoisotopic (exact) mass is 693 g/mol. The molecular formula is C38H52ClN3O5Si. The highest BCUT2D eigenvalue weighted by atomic mass is 35.5. The summed E-state index contributed by atoms with van der Waals surface area (Å²) in [5, 5.41) is 6.50. The van der Waals surface area contributed by atoms with Crippen molar-refractivity contribution in [3.63, 3.8) is 0 Å². The molecule has 2 amide bonds. The SMILES string of the molecule is CCOc1cc(NC(=O)CCCc2ccc(-c3ccccc3)c(NC(=O)OC3CCN(C)CC3)c2)c(Cl)cc1CO[Si](C)(C)C(C)(C)C. The van der Waals surface area contributed by atoms with Gasteiger partial charge in [0.1, 0.15) is 11.9 Å². The van der Waals surface area contributed by atoms with E-state index in [1.54, 1.807) is 6.07 Å². The van der Waals surface area contributed by atoms with E-state index in [1.807, 2.05) is 61.5 Å². The fourth-order valence-corrected chi connectivity index (χ4v) is 6.53. The van der Waals surface area contributed by atoms with Gasteiger partial charge in [0, 0.05) is 36.7 Å². The normalized spacial score (nSPS) is 14.4. The number of likely N-dealkylation sites (tertiary alicyclic amines) is 1. The van der Waals surface area contributed by atoms with E-state index in [4.69, 9.17) is 25.5 Å². The molecule has 1 heterocycles. The number of nitrogens with one attached hydrogen (secondary N) is 2. The maximum Gasteiger partial charge on any atom is 0.411 e. The number of nitrogens with zero attached hydrogens (tertiary/aromatic N) is 1. The summed E-state index contributed by atoms with van der Waals surface area (Å²) in [5.41, 5.74) is 4.99. The van der Waals surface area contributed by atoms with Gasteiger partial charge in [-0.05, 0) is 81.0 Å². The van der Waals surface area contributed by atoms with Gasteiger partial charge in [-0.3, -0.25) is 10.1 Å². The van der Waals surface area contributed by atoms with Crippen LogP contribution in [0.4, 0.5) is 16.2 Å². The van der Waals surface area contributed by atoms with Crippen LogP contribution in [0.25, 0.3) is 11.1 Å². The molecule has 0 aliphatic carbocycles. The van der Waals surface area contributed by atoms with Crippen LogP contribution in [0.1, 0.15) is 64.5 Å². The van der Waals surface area contributed by atoms with E-state index in [1.165, 1.54) is 0 Å². The van der Waals surface area contributed by atoms with Crippen molar-refractivity contribution in [2.24, 2.45) is 0 Å². The maximum absolute atomic E-state index is 13.0.